The number of sulfonamides is 1. The average Bonchev–Trinajstić information content (AvgIpc) is 3.35. The molecule has 0 spiro atoms. The fourth-order valence-electron chi connectivity index (χ4n) is 3.97. The van der Waals surface area contributed by atoms with E-state index in [-0.39, 0.29) is 16.4 Å². The highest BCUT2D eigenvalue weighted by Crippen LogP contribution is 2.25. The summed E-state index contributed by atoms with van der Waals surface area (Å²) in [5.41, 5.74) is 3.27. The zero-order valence-electron chi connectivity index (χ0n) is 19.2. The van der Waals surface area contributed by atoms with Crippen molar-refractivity contribution in [3.8, 4) is 0 Å². The zero-order chi connectivity index (χ0) is 24.3. The molecular weight excluding hydrogens is 450 g/mol. The first-order valence-corrected chi connectivity index (χ1v) is 12.6. The van der Waals surface area contributed by atoms with Gasteiger partial charge in [0.1, 0.15) is 0 Å². The van der Waals surface area contributed by atoms with Crippen LogP contribution in [-0.4, -0.2) is 38.2 Å². The van der Waals surface area contributed by atoms with Gasteiger partial charge in [-0.05, 0) is 68.7 Å². The van der Waals surface area contributed by atoms with Crippen molar-refractivity contribution in [2.24, 2.45) is 0 Å². The number of hydrogen-bond acceptors (Lipinski definition) is 4. The first-order valence-electron chi connectivity index (χ1n) is 11.1. The number of nitrogens with zero attached hydrogens (tertiary/aromatic N) is 1. The number of likely N-dealkylation sites (tertiary alicyclic amines) is 1. The quantitative estimate of drug-likeness (QED) is 0.543. The van der Waals surface area contributed by atoms with Gasteiger partial charge in [0.25, 0.3) is 21.8 Å². The van der Waals surface area contributed by atoms with Crippen molar-refractivity contribution in [3.05, 3.63) is 89.0 Å². The smallest absolute Gasteiger partial charge is 0.261 e. The third-order valence-electron chi connectivity index (χ3n) is 5.84. The topological polar surface area (TPSA) is 95.6 Å². The lowest BCUT2D eigenvalue weighted by Gasteiger charge is -2.20. The first kappa shape index (κ1) is 23.5. The van der Waals surface area contributed by atoms with Crippen LogP contribution in [0.3, 0.4) is 0 Å². The molecular formula is C26H27N3O4S. The third kappa shape index (κ3) is 5.12. The van der Waals surface area contributed by atoms with Crippen LogP contribution in [0.1, 0.15) is 44.7 Å². The van der Waals surface area contributed by atoms with E-state index in [0.29, 0.717) is 30.0 Å². The van der Waals surface area contributed by atoms with Crippen molar-refractivity contribution >= 4 is 33.2 Å². The molecule has 0 atom stereocenters. The molecule has 0 bridgehead atoms. The Hall–Kier alpha value is -3.65. The summed E-state index contributed by atoms with van der Waals surface area (Å²) in [7, 11) is -3.89. The lowest BCUT2D eigenvalue weighted by Crippen LogP contribution is -2.29. The van der Waals surface area contributed by atoms with E-state index in [0.717, 1.165) is 24.0 Å². The Balaban J connectivity index is 1.57. The van der Waals surface area contributed by atoms with Crippen LogP contribution in [0.25, 0.3) is 0 Å². The predicted molar refractivity (Wildman–Crippen MR) is 133 cm³/mol. The fraction of sp³-hybridized carbons (Fsp3) is 0.231. The Morgan fingerprint density at radius 2 is 1.56 bits per heavy atom. The number of aryl methyl sites for hydroxylation is 2. The van der Waals surface area contributed by atoms with E-state index in [1.54, 1.807) is 29.2 Å². The maximum absolute atomic E-state index is 13.1. The van der Waals surface area contributed by atoms with Gasteiger partial charge in [0, 0.05) is 24.3 Å². The molecule has 1 heterocycles. The lowest BCUT2D eigenvalue weighted by molar-refractivity contribution is 0.0793. The summed E-state index contributed by atoms with van der Waals surface area (Å²) in [6.45, 7) is 5.16. The lowest BCUT2D eigenvalue weighted by atomic mass is 10.0. The minimum Gasteiger partial charge on any atom is -0.339 e. The molecule has 2 N–H and O–H groups in total. The molecule has 1 fully saturated rings. The van der Waals surface area contributed by atoms with E-state index >= 15 is 0 Å². The monoisotopic (exact) mass is 477 g/mol. The van der Waals surface area contributed by atoms with Crippen molar-refractivity contribution in [1.29, 1.82) is 0 Å². The predicted octanol–water partition coefficient (Wildman–Crippen LogP) is 4.59. The first-order chi connectivity index (χ1) is 16.2. The van der Waals surface area contributed by atoms with Gasteiger partial charge in [-0.25, -0.2) is 8.42 Å². The second-order valence-electron chi connectivity index (χ2n) is 8.45. The standard InChI is InChI=1S/C26H27N3O4S/c1-18-11-13-21(14-12-18)28-34(32,33)22-9-6-8-20(17-22)25(30)27-23-10-5-7-19(2)24(23)26(31)29-15-3-4-16-29/h5-14,17,28H,3-4,15-16H2,1-2H3,(H,27,30). The SMILES string of the molecule is Cc1ccc(NS(=O)(=O)c2cccc(C(=O)Nc3cccc(C)c3C(=O)N3CCCC3)c2)cc1. The summed E-state index contributed by atoms with van der Waals surface area (Å²) in [6, 6.07) is 18.1. The van der Waals surface area contributed by atoms with Gasteiger partial charge in [-0.15, -0.1) is 0 Å². The highest BCUT2D eigenvalue weighted by molar-refractivity contribution is 7.92. The minimum atomic E-state index is -3.89. The summed E-state index contributed by atoms with van der Waals surface area (Å²) in [5.74, 6) is -0.599. The Kier molecular flexibility index (Phi) is 6.70. The van der Waals surface area contributed by atoms with Gasteiger partial charge in [0.2, 0.25) is 0 Å². The van der Waals surface area contributed by atoms with Crippen LogP contribution in [0.2, 0.25) is 0 Å². The highest BCUT2D eigenvalue weighted by Gasteiger charge is 2.24. The van der Waals surface area contributed by atoms with Crippen molar-refractivity contribution in [3.63, 3.8) is 0 Å². The Bertz CT molecular complexity index is 1330. The van der Waals surface area contributed by atoms with Gasteiger partial charge >= 0.3 is 0 Å². The molecule has 2 amide bonds. The van der Waals surface area contributed by atoms with Gasteiger partial charge in [-0.3, -0.25) is 14.3 Å². The van der Waals surface area contributed by atoms with Crippen LogP contribution in [0.15, 0.2) is 71.6 Å². The van der Waals surface area contributed by atoms with Gasteiger partial charge in [-0.1, -0.05) is 35.9 Å². The molecule has 0 saturated carbocycles. The number of rotatable bonds is 6. The van der Waals surface area contributed by atoms with Gasteiger partial charge in [0.05, 0.1) is 16.1 Å². The Morgan fingerprint density at radius 1 is 0.882 bits per heavy atom. The summed E-state index contributed by atoms with van der Waals surface area (Å²) < 4.78 is 28.3. The summed E-state index contributed by atoms with van der Waals surface area (Å²) in [4.78, 5) is 27.9. The molecule has 3 aromatic carbocycles. The largest absolute Gasteiger partial charge is 0.339 e. The zero-order valence-corrected chi connectivity index (χ0v) is 20.0. The molecule has 176 valence electrons. The van der Waals surface area contributed by atoms with Crippen LogP contribution < -0.4 is 10.0 Å². The summed E-state index contributed by atoms with van der Waals surface area (Å²) in [5, 5.41) is 2.80. The number of carbonyl (C=O) groups is 2. The molecule has 0 aliphatic carbocycles. The fourth-order valence-corrected chi connectivity index (χ4v) is 5.07. The molecule has 8 heteroatoms. The molecule has 34 heavy (non-hydrogen) atoms. The molecule has 3 aromatic rings. The second-order valence-corrected chi connectivity index (χ2v) is 10.1. The molecule has 0 aromatic heterocycles. The summed E-state index contributed by atoms with van der Waals surface area (Å²) >= 11 is 0. The van der Waals surface area contributed by atoms with Gasteiger partial charge in [-0.2, -0.15) is 0 Å². The van der Waals surface area contributed by atoms with Crippen molar-refractivity contribution in [2.45, 2.75) is 31.6 Å². The van der Waals surface area contributed by atoms with Crippen LogP contribution in [-0.2, 0) is 10.0 Å². The Labute approximate surface area is 199 Å². The van der Waals surface area contributed by atoms with E-state index in [2.05, 4.69) is 10.0 Å². The summed E-state index contributed by atoms with van der Waals surface area (Å²) in [6.07, 6.45) is 1.94. The van der Waals surface area contributed by atoms with Crippen molar-refractivity contribution < 1.29 is 18.0 Å². The molecule has 4 rings (SSSR count). The van der Waals surface area contributed by atoms with Gasteiger partial charge < -0.3 is 10.2 Å². The average molecular weight is 478 g/mol. The van der Waals surface area contributed by atoms with E-state index < -0.39 is 15.9 Å². The molecule has 7 nitrogen and oxygen atoms in total. The van der Waals surface area contributed by atoms with Crippen molar-refractivity contribution in [1.82, 2.24) is 4.90 Å². The van der Waals surface area contributed by atoms with E-state index in [4.69, 9.17) is 0 Å². The maximum atomic E-state index is 13.1. The third-order valence-corrected chi connectivity index (χ3v) is 7.22. The molecule has 1 aliphatic rings. The number of benzene rings is 3. The maximum Gasteiger partial charge on any atom is 0.261 e. The minimum absolute atomic E-state index is 0.0293. The van der Waals surface area contributed by atoms with Crippen LogP contribution in [0, 0.1) is 13.8 Å². The number of hydrogen-bond donors (Lipinski definition) is 2. The van der Waals surface area contributed by atoms with Crippen molar-refractivity contribution in [2.75, 3.05) is 23.1 Å². The molecule has 0 radical (unpaired) electrons. The molecule has 1 aliphatic heterocycles. The second kappa shape index (κ2) is 9.69. The number of amides is 2. The van der Waals surface area contributed by atoms with Gasteiger partial charge in [0.15, 0.2) is 0 Å². The van der Waals surface area contributed by atoms with Crippen LogP contribution in [0.4, 0.5) is 11.4 Å². The van der Waals surface area contributed by atoms with E-state index in [9.17, 15) is 18.0 Å². The van der Waals surface area contributed by atoms with Crippen LogP contribution >= 0.6 is 0 Å². The normalized spacial score (nSPS) is 13.5. The number of nitrogens with one attached hydrogen (secondary N) is 2. The number of carbonyl (C=O) groups excluding carboxylic acids is 2. The highest BCUT2D eigenvalue weighted by atomic mass is 32.2. The van der Waals surface area contributed by atoms with Crippen LogP contribution in [0.5, 0.6) is 0 Å². The van der Waals surface area contributed by atoms with E-state index in [1.165, 1.54) is 24.3 Å². The Morgan fingerprint density at radius 3 is 2.26 bits per heavy atom. The number of anilines is 2. The molecule has 0 unspecified atom stereocenters. The van der Waals surface area contributed by atoms with E-state index in [1.807, 2.05) is 32.0 Å². The molecule has 1 saturated heterocycles.